The van der Waals surface area contributed by atoms with E-state index in [-0.39, 0.29) is 5.91 Å². The Morgan fingerprint density at radius 3 is 1.81 bits per heavy atom. The molecular weight excluding hydrogens is 228 g/mol. The molecule has 0 aromatic heterocycles. The van der Waals surface area contributed by atoms with Gasteiger partial charge in [0.05, 0.1) is 6.26 Å². The van der Waals surface area contributed by atoms with Crippen LogP contribution in [0.2, 0.25) is 0 Å². The van der Waals surface area contributed by atoms with Gasteiger partial charge in [-0.3, -0.25) is 4.79 Å². The van der Waals surface area contributed by atoms with Crippen LogP contribution in [-0.4, -0.2) is 56.0 Å². The summed E-state index contributed by atoms with van der Waals surface area (Å²) in [5.41, 5.74) is -0.396. The normalized spacial score (nSPS) is 19.9. The fourth-order valence-corrected chi connectivity index (χ4v) is 2.52. The fraction of sp³-hybridized carbons (Fsp3) is 0.900. The third-order valence-electron chi connectivity index (χ3n) is 2.64. The first-order valence-corrected chi connectivity index (χ1v) is 7.22. The number of nitrogens with zero attached hydrogens (tertiary/aromatic N) is 2. The molecule has 1 amide bonds. The van der Waals surface area contributed by atoms with Crippen molar-refractivity contribution in [2.45, 2.75) is 20.8 Å². The van der Waals surface area contributed by atoms with Crippen LogP contribution in [0.15, 0.2) is 0 Å². The van der Waals surface area contributed by atoms with Crippen LogP contribution in [-0.2, 0) is 14.8 Å². The van der Waals surface area contributed by atoms with Crippen molar-refractivity contribution in [1.82, 2.24) is 9.21 Å². The lowest BCUT2D eigenvalue weighted by Gasteiger charge is -2.36. The van der Waals surface area contributed by atoms with Crippen molar-refractivity contribution in [3.8, 4) is 0 Å². The average molecular weight is 248 g/mol. The highest BCUT2D eigenvalue weighted by Crippen LogP contribution is 2.19. The molecule has 94 valence electrons. The Morgan fingerprint density at radius 1 is 1.06 bits per heavy atom. The van der Waals surface area contributed by atoms with Crippen LogP contribution in [0.1, 0.15) is 20.8 Å². The molecule has 0 unspecified atom stereocenters. The SMILES string of the molecule is CC(C)(C)C(=O)N1CCN(S(C)(=O)=O)CC1. The van der Waals surface area contributed by atoms with Crippen molar-refractivity contribution < 1.29 is 13.2 Å². The van der Waals surface area contributed by atoms with Crippen molar-refractivity contribution in [3.63, 3.8) is 0 Å². The number of amides is 1. The van der Waals surface area contributed by atoms with Gasteiger partial charge in [0.1, 0.15) is 0 Å². The number of hydrogen-bond acceptors (Lipinski definition) is 3. The molecule has 1 aliphatic rings. The van der Waals surface area contributed by atoms with Crippen LogP contribution in [0.5, 0.6) is 0 Å². The molecule has 1 rings (SSSR count). The second-order valence-electron chi connectivity index (χ2n) is 5.20. The van der Waals surface area contributed by atoms with E-state index in [0.717, 1.165) is 0 Å². The molecule has 0 spiro atoms. The van der Waals surface area contributed by atoms with Gasteiger partial charge in [0.25, 0.3) is 0 Å². The summed E-state index contributed by atoms with van der Waals surface area (Å²) >= 11 is 0. The maximum Gasteiger partial charge on any atom is 0.228 e. The number of carbonyl (C=O) groups excluding carboxylic acids is 1. The predicted octanol–water partition coefficient (Wildman–Crippen LogP) is 0.136. The first kappa shape index (κ1) is 13.4. The molecule has 0 radical (unpaired) electrons. The Labute approximate surface area is 97.5 Å². The maximum absolute atomic E-state index is 11.9. The highest BCUT2D eigenvalue weighted by molar-refractivity contribution is 7.88. The lowest BCUT2D eigenvalue weighted by atomic mass is 9.94. The Balaban J connectivity index is 2.60. The van der Waals surface area contributed by atoms with Gasteiger partial charge < -0.3 is 4.90 Å². The van der Waals surface area contributed by atoms with Gasteiger partial charge in [0.15, 0.2) is 0 Å². The van der Waals surface area contributed by atoms with Gasteiger partial charge in [-0.25, -0.2) is 8.42 Å². The van der Waals surface area contributed by atoms with E-state index in [4.69, 9.17) is 0 Å². The minimum Gasteiger partial charge on any atom is -0.340 e. The second kappa shape index (κ2) is 4.33. The number of carbonyl (C=O) groups is 1. The van der Waals surface area contributed by atoms with Crippen molar-refractivity contribution in [2.75, 3.05) is 32.4 Å². The highest BCUT2D eigenvalue weighted by atomic mass is 32.2. The number of rotatable bonds is 1. The molecule has 0 aromatic carbocycles. The molecule has 1 aliphatic heterocycles. The summed E-state index contributed by atoms with van der Waals surface area (Å²) in [5, 5.41) is 0. The van der Waals surface area contributed by atoms with Crippen molar-refractivity contribution in [3.05, 3.63) is 0 Å². The largest absolute Gasteiger partial charge is 0.340 e. The van der Waals surface area contributed by atoms with Crippen LogP contribution >= 0.6 is 0 Å². The minimum atomic E-state index is -3.12. The zero-order valence-corrected chi connectivity index (χ0v) is 11.2. The van der Waals surface area contributed by atoms with E-state index in [9.17, 15) is 13.2 Å². The standard InChI is InChI=1S/C10H20N2O3S/c1-10(2,3)9(13)11-5-7-12(8-6-11)16(4,14)15/h5-8H2,1-4H3. The Morgan fingerprint density at radius 2 is 1.50 bits per heavy atom. The Bertz CT molecular complexity index is 362. The summed E-state index contributed by atoms with van der Waals surface area (Å²) in [6.45, 7) is 7.41. The molecule has 5 nitrogen and oxygen atoms in total. The van der Waals surface area contributed by atoms with E-state index in [0.29, 0.717) is 26.2 Å². The number of sulfonamides is 1. The molecular formula is C10H20N2O3S. The van der Waals surface area contributed by atoms with Crippen LogP contribution in [0, 0.1) is 5.41 Å². The second-order valence-corrected chi connectivity index (χ2v) is 7.19. The van der Waals surface area contributed by atoms with Gasteiger partial charge in [-0.05, 0) is 0 Å². The van der Waals surface area contributed by atoms with Gasteiger partial charge in [0, 0.05) is 31.6 Å². The van der Waals surface area contributed by atoms with Gasteiger partial charge in [0.2, 0.25) is 15.9 Å². The lowest BCUT2D eigenvalue weighted by Crippen LogP contribution is -2.52. The lowest BCUT2D eigenvalue weighted by molar-refractivity contribution is -0.140. The van der Waals surface area contributed by atoms with Gasteiger partial charge in [-0.1, -0.05) is 20.8 Å². The summed E-state index contributed by atoms with van der Waals surface area (Å²) in [5.74, 6) is 0.0839. The summed E-state index contributed by atoms with van der Waals surface area (Å²) < 4.78 is 24.0. The quantitative estimate of drug-likeness (QED) is 0.663. The molecule has 0 saturated carbocycles. The monoisotopic (exact) mass is 248 g/mol. The third-order valence-corrected chi connectivity index (χ3v) is 3.94. The van der Waals surface area contributed by atoms with E-state index in [1.165, 1.54) is 10.6 Å². The topological polar surface area (TPSA) is 57.7 Å². The van der Waals surface area contributed by atoms with Crippen LogP contribution in [0.4, 0.5) is 0 Å². The van der Waals surface area contributed by atoms with Crippen LogP contribution in [0.3, 0.4) is 0 Å². The first-order valence-electron chi connectivity index (χ1n) is 5.37. The molecule has 1 heterocycles. The summed E-state index contributed by atoms with van der Waals surface area (Å²) in [7, 11) is -3.12. The van der Waals surface area contributed by atoms with Crippen LogP contribution < -0.4 is 0 Å². The molecule has 0 aromatic rings. The van der Waals surface area contributed by atoms with E-state index in [1.807, 2.05) is 20.8 Å². The molecule has 0 N–H and O–H groups in total. The van der Waals surface area contributed by atoms with E-state index < -0.39 is 15.4 Å². The maximum atomic E-state index is 11.9. The molecule has 16 heavy (non-hydrogen) atoms. The highest BCUT2D eigenvalue weighted by Gasteiger charge is 2.31. The number of piperazine rings is 1. The summed E-state index contributed by atoms with van der Waals surface area (Å²) in [4.78, 5) is 13.7. The summed E-state index contributed by atoms with van der Waals surface area (Å²) in [6, 6.07) is 0. The Hall–Kier alpha value is -0.620. The molecule has 0 bridgehead atoms. The summed E-state index contributed by atoms with van der Waals surface area (Å²) in [6.07, 6.45) is 1.20. The van der Waals surface area contributed by atoms with E-state index in [1.54, 1.807) is 4.90 Å². The van der Waals surface area contributed by atoms with E-state index >= 15 is 0 Å². The van der Waals surface area contributed by atoms with Crippen molar-refractivity contribution in [2.24, 2.45) is 5.41 Å². The zero-order chi connectivity index (χ0) is 12.6. The predicted molar refractivity (Wildman–Crippen MR) is 62.5 cm³/mol. The van der Waals surface area contributed by atoms with E-state index in [2.05, 4.69) is 0 Å². The van der Waals surface area contributed by atoms with Crippen molar-refractivity contribution in [1.29, 1.82) is 0 Å². The average Bonchev–Trinajstić information content (AvgIpc) is 2.14. The molecule has 1 saturated heterocycles. The minimum absolute atomic E-state index is 0.0839. The van der Waals surface area contributed by atoms with Gasteiger partial charge in [-0.2, -0.15) is 4.31 Å². The first-order chi connectivity index (χ1) is 7.12. The fourth-order valence-electron chi connectivity index (χ4n) is 1.70. The molecule has 0 atom stereocenters. The molecule has 1 fully saturated rings. The third kappa shape index (κ3) is 3.18. The number of hydrogen-bond donors (Lipinski definition) is 0. The molecule has 0 aliphatic carbocycles. The smallest absolute Gasteiger partial charge is 0.228 e. The van der Waals surface area contributed by atoms with Crippen molar-refractivity contribution >= 4 is 15.9 Å². The Kier molecular flexibility index (Phi) is 3.64. The zero-order valence-electron chi connectivity index (χ0n) is 10.4. The van der Waals surface area contributed by atoms with Gasteiger partial charge >= 0.3 is 0 Å². The van der Waals surface area contributed by atoms with Gasteiger partial charge in [-0.15, -0.1) is 0 Å². The van der Waals surface area contributed by atoms with Crippen LogP contribution in [0.25, 0.3) is 0 Å². The molecule has 6 heteroatoms.